The maximum atomic E-state index is 12.7. The van der Waals surface area contributed by atoms with Gasteiger partial charge in [-0.25, -0.2) is 0 Å². The van der Waals surface area contributed by atoms with Crippen molar-refractivity contribution in [1.29, 1.82) is 0 Å². The lowest BCUT2D eigenvalue weighted by Crippen LogP contribution is -2.55. The van der Waals surface area contributed by atoms with Gasteiger partial charge in [-0.1, -0.05) is 60.7 Å². The van der Waals surface area contributed by atoms with Gasteiger partial charge in [-0.3, -0.25) is 14.5 Å². The molecule has 2 amide bonds. The Morgan fingerprint density at radius 2 is 1.10 bits per heavy atom. The average Bonchev–Trinajstić information content (AvgIpc) is 2.81. The first kappa shape index (κ1) is 19.6. The first-order chi connectivity index (χ1) is 14.2. The number of amides is 2. The summed E-state index contributed by atoms with van der Waals surface area (Å²) >= 11 is 0. The molecule has 29 heavy (non-hydrogen) atoms. The van der Waals surface area contributed by atoms with Crippen LogP contribution in [0.4, 0.5) is 0 Å². The second-order valence-corrected chi connectivity index (χ2v) is 7.46. The summed E-state index contributed by atoms with van der Waals surface area (Å²) in [6, 6.07) is 21.0. The Morgan fingerprint density at radius 3 is 1.59 bits per heavy atom. The molecule has 6 nitrogen and oxygen atoms in total. The molecule has 2 aliphatic heterocycles. The number of rotatable bonds is 3. The summed E-state index contributed by atoms with van der Waals surface area (Å²) in [7, 11) is 0. The summed E-state index contributed by atoms with van der Waals surface area (Å²) in [6.45, 7) is 4.58. The highest BCUT2D eigenvalue weighted by atomic mass is 16.5. The summed E-state index contributed by atoms with van der Waals surface area (Å²) in [5.74, 6) is -0.785. The molecule has 2 aromatic rings. The quantitative estimate of drug-likeness (QED) is 0.746. The van der Waals surface area contributed by atoms with Crippen LogP contribution in [-0.4, -0.2) is 79.0 Å². The largest absolute Gasteiger partial charge is 0.378 e. The van der Waals surface area contributed by atoms with Crippen molar-refractivity contribution in [1.82, 2.24) is 14.7 Å². The minimum Gasteiger partial charge on any atom is -0.378 e. The van der Waals surface area contributed by atoms with Gasteiger partial charge >= 0.3 is 11.8 Å². The van der Waals surface area contributed by atoms with E-state index < -0.39 is 5.91 Å². The van der Waals surface area contributed by atoms with E-state index in [2.05, 4.69) is 53.4 Å². The van der Waals surface area contributed by atoms with Gasteiger partial charge in [0, 0.05) is 39.3 Å². The van der Waals surface area contributed by atoms with E-state index in [-0.39, 0.29) is 11.9 Å². The summed E-state index contributed by atoms with van der Waals surface area (Å²) in [5.41, 5.74) is 2.48. The molecule has 0 unspecified atom stereocenters. The molecule has 0 radical (unpaired) electrons. The van der Waals surface area contributed by atoms with Gasteiger partial charge < -0.3 is 14.5 Å². The summed E-state index contributed by atoms with van der Waals surface area (Å²) in [6.07, 6.45) is 0. The van der Waals surface area contributed by atoms with E-state index in [0.717, 1.165) is 13.1 Å². The molecule has 0 spiro atoms. The van der Waals surface area contributed by atoms with E-state index >= 15 is 0 Å². The first-order valence-electron chi connectivity index (χ1n) is 10.2. The Morgan fingerprint density at radius 1 is 0.655 bits per heavy atom. The SMILES string of the molecule is O=C(C(=O)N1CCN(C(c2ccccc2)c2ccccc2)CC1)N1CCOCC1. The van der Waals surface area contributed by atoms with Gasteiger partial charge in [-0.15, -0.1) is 0 Å². The number of carbonyl (C=O) groups excluding carboxylic acids is 2. The van der Waals surface area contributed by atoms with Crippen LogP contribution in [0.2, 0.25) is 0 Å². The Labute approximate surface area is 171 Å². The zero-order chi connectivity index (χ0) is 20.1. The van der Waals surface area contributed by atoms with Crippen LogP contribution in [0.5, 0.6) is 0 Å². The lowest BCUT2D eigenvalue weighted by Gasteiger charge is -2.40. The van der Waals surface area contributed by atoms with Crippen molar-refractivity contribution in [3.05, 3.63) is 71.8 Å². The normalized spacial score (nSPS) is 18.1. The van der Waals surface area contributed by atoms with Gasteiger partial charge in [-0.05, 0) is 11.1 Å². The van der Waals surface area contributed by atoms with Gasteiger partial charge in [-0.2, -0.15) is 0 Å². The highest BCUT2D eigenvalue weighted by Crippen LogP contribution is 2.29. The Bertz CT molecular complexity index is 774. The summed E-state index contributed by atoms with van der Waals surface area (Å²) in [5, 5.41) is 0. The molecule has 0 aromatic heterocycles. The van der Waals surface area contributed by atoms with E-state index in [4.69, 9.17) is 4.74 Å². The van der Waals surface area contributed by atoms with Gasteiger partial charge in [0.25, 0.3) is 0 Å². The smallest absolute Gasteiger partial charge is 0.312 e. The number of morpholine rings is 1. The third-order valence-corrected chi connectivity index (χ3v) is 5.68. The third-order valence-electron chi connectivity index (χ3n) is 5.68. The molecular weight excluding hydrogens is 366 g/mol. The molecule has 0 bridgehead atoms. The molecule has 4 rings (SSSR count). The Kier molecular flexibility index (Phi) is 6.22. The lowest BCUT2D eigenvalue weighted by molar-refractivity contribution is -0.155. The van der Waals surface area contributed by atoms with Crippen molar-refractivity contribution in [2.75, 3.05) is 52.5 Å². The van der Waals surface area contributed by atoms with Crippen LogP contribution in [0, 0.1) is 0 Å². The van der Waals surface area contributed by atoms with E-state index in [0.29, 0.717) is 39.4 Å². The molecule has 0 N–H and O–H groups in total. The van der Waals surface area contributed by atoms with E-state index in [1.54, 1.807) is 9.80 Å². The Balaban J connectivity index is 1.44. The molecule has 0 atom stereocenters. The standard InChI is InChI=1S/C23H27N3O3/c27-22(23(28)26-15-17-29-18-16-26)25-13-11-24(12-14-25)21(19-7-3-1-4-8-19)20-9-5-2-6-10-20/h1-10,21H,11-18H2. The molecule has 2 aliphatic rings. The predicted octanol–water partition coefficient (Wildman–Crippen LogP) is 1.78. The van der Waals surface area contributed by atoms with Crippen LogP contribution < -0.4 is 0 Å². The highest BCUT2D eigenvalue weighted by Gasteiger charge is 2.32. The fraction of sp³-hybridized carbons (Fsp3) is 0.391. The lowest BCUT2D eigenvalue weighted by atomic mass is 9.96. The van der Waals surface area contributed by atoms with Crippen LogP contribution in [0.3, 0.4) is 0 Å². The van der Waals surface area contributed by atoms with E-state index in [9.17, 15) is 9.59 Å². The zero-order valence-corrected chi connectivity index (χ0v) is 16.6. The first-order valence-corrected chi connectivity index (χ1v) is 10.2. The number of piperazine rings is 1. The Hall–Kier alpha value is -2.70. The van der Waals surface area contributed by atoms with Crippen molar-refractivity contribution in [2.45, 2.75) is 6.04 Å². The number of hydrogen-bond donors (Lipinski definition) is 0. The minimum absolute atomic E-state index is 0.143. The molecule has 6 heteroatoms. The maximum absolute atomic E-state index is 12.7. The molecule has 0 aliphatic carbocycles. The molecule has 2 saturated heterocycles. The van der Waals surface area contributed by atoms with E-state index in [1.807, 2.05) is 12.1 Å². The molecule has 152 valence electrons. The fourth-order valence-electron chi connectivity index (χ4n) is 4.10. The van der Waals surface area contributed by atoms with Crippen molar-refractivity contribution in [3.8, 4) is 0 Å². The fourth-order valence-corrected chi connectivity index (χ4v) is 4.10. The van der Waals surface area contributed by atoms with Gasteiger partial charge in [0.15, 0.2) is 0 Å². The molecular formula is C23H27N3O3. The predicted molar refractivity (Wildman–Crippen MR) is 110 cm³/mol. The van der Waals surface area contributed by atoms with Crippen LogP contribution in [0.1, 0.15) is 17.2 Å². The second kappa shape index (κ2) is 9.20. The number of ether oxygens (including phenoxy) is 1. The van der Waals surface area contributed by atoms with Crippen molar-refractivity contribution in [3.63, 3.8) is 0 Å². The summed E-state index contributed by atoms with van der Waals surface area (Å²) < 4.78 is 5.27. The van der Waals surface area contributed by atoms with Crippen molar-refractivity contribution in [2.24, 2.45) is 0 Å². The van der Waals surface area contributed by atoms with Gasteiger partial charge in [0.05, 0.1) is 19.3 Å². The maximum Gasteiger partial charge on any atom is 0.312 e. The van der Waals surface area contributed by atoms with Crippen LogP contribution in [0.15, 0.2) is 60.7 Å². The van der Waals surface area contributed by atoms with E-state index in [1.165, 1.54) is 11.1 Å². The number of carbonyl (C=O) groups is 2. The van der Waals surface area contributed by atoms with Crippen molar-refractivity contribution >= 4 is 11.8 Å². The minimum atomic E-state index is -0.399. The number of benzene rings is 2. The number of nitrogens with zero attached hydrogens (tertiary/aromatic N) is 3. The summed E-state index contributed by atoms with van der Waals surface area (Å²) in [4.78, 5) is 30.9. The van der Waals surface area contributed by atoms with Crippen molar-refractivity contribution < 1.29 is 14.3 Å². The monoisotopic (exact) mass is 393 g/mol. The van der Waals surface area contributed by atoms with Gasteiger partial charge in [0.1, 0.15) is 0 Å². The number of hydrogen-bond acceptors (Lipinski definition) is 4. The third kappa shape index (κ3) is 4.49. The van der Waals surface area contributed by atoms with Crippen LogP contribution in [0.25, 0.3) is 0 Å². The van der Waals surface area contributed by atoms with Crippen LogP contribution in [-0.2, 0) is 14.3 Å². The highest BCUT2D eigenvalue weighted by molar-refractivity contribution is 6.34. The average molecular weight is 393 g/mol. The topological polar surface area (TPSA) is 53.1 Å². The van der Waals surface area contributed by atoms with Crippen LogP contribution >= 0.6 is 0 Å². The molecule has 2 fully saturated rings. The van der Waals surface area contributed by atoms with Gasteiger partial charge in [0.2, 0.25) is 0 Å². The molecule has 0 saturated carbocycles. The zero-order valence-electron chi connectivity index (χ0n) is 16.6. The molecule has 2 heterocycles. The molecule has 2 aromatic carbocycles. The second-order valence-electron chi connectivity index (χ2n) is 7.46.